The molecule has 0 aromatic heterocycles. The lowest BCUT2D eigenvalue weighted by Gasteiger charge is -2.05. The molecular weight excluding hydrogens is 218 g/mol. The maximum absolute atomic E-state index is 11.3. The van der Waals surface area contributed by atoms with Crippen LogP contribution in [0.2, 0.25) is 0 Å². The minimum atomic E-state index is -0.471. The van der Waals surface area contributed by atoms with Crippen LogP contribution in [0.1, 0.15) is 28.8 Å². The van der Waals surface area contributed by atoms with Crippen molar-refractivity contribution in [2.45, 2.75) is 19.4 Å². The van der Waals surface area contributed by atoms with Gasteiger partial charge in [0.05, 0.1) is 0 Å². The lowest BCUT2D eigenvalue weighted by molar-refractivity contribution is -0.121. The van der Waals surface area contributed by atoms with Crippen molar-refractivity contribution in [3.63, 3.8) is 0 Å². The summed E-state index contributed by atoms with van der Waals surface area (Å²) >= 11 is 0. The lowest BCUT2D eigenvalue weighted by Crippen LogP contribution is -2.23. The van der Waals surface area contributed by atoms with Crippen LogP contribution >= 0.6 is 0 Å². The second-order valence-corrected chi connectivity index (χ2v) is 3.73. The Labute approximate surface area is 100 Å². The third kappa shape index (κ3) is 4.65. The number of rotatable bonds is 6. The first kappa shape index (κ1) is 13.2. The zero-order valence-corrected chi connectivity index (χ0v) is 9.61. The summed E-state index contributed by atoms with van der Waals surface area (Å²) in [7, 11) is 0. The number of hydrogen-bond donors (Lipinski definition) is 3. The van der Waals surface area contributed by atoms with E-state index in [0.717, 1.165) is 5.56 Å². The van der Waals surface area contributed by atoms with E-state index in [1.165, 1.54) is 0 Å². The third-order valence-corrected chi connectivity index (χ3v) is 2.31. The van der Waals surface area contributed by atoms with Crippen molar-refractivity contribution >= 4 is 11.8 Å². The van der Waals surface area contributed by atoms with Gasteiger partial charge in [0.1, 0.15) is 0 Å². The quantitative estimate of drug-likeness (QED) is 0.654. The van der Waals surface area contributed by atoms with Crippen LogP contribution in [-0.4, -0.2) is 18.4 Å². The van der Waals surface area contributed by atoms with Crippen LogP contribution in [0.5, 0.6) is 0 Å². The molecular formula is C12H17N3O2. The normalized spacial score (nSPS) is 9.94. The molecule has 0 radical (unpaired) electrons. The number of benzene rings is 1. The van der Waals surface area contributed by atoms with E-state index in [1.54, 1.807) is 18.2 Å². The van der Waals surface area contributed by atoms with Crippen LogP contribution in [0.4, 0.5) is 0 Å². The van der Waals surface area contributed by atoms with E-state index in [9.17, 15) is 9.59 Å². The Morgan fingerprint density at radius 3 is 2.71 bits per heavy atom. The van der Waals surface area contributed by atoms with E-state index in [2.05, 4.69) is 5.32 Å². The Morgan fingerprint density at radius 1 is 1.29 bits per heavy atom. The molecule has 0 saturated carbocycles. The van der Waals surface area contributed by atoms with Gasteiger partial charge in [-0.3, -0.25) is 9.59 Å². The number of amides is 2. The molecule has 17 heavy (non-hydrogen) atoms. The zero-order chi connectivity index (χ0) is 12.7. The molecule has 0 spiro atoms. The minimum Gasteiger partial charge on any atom is -0.366 e. The van der Waals surface area contributed by atoms with Crippen LogP contribution in [0.25, 0.3) is 0 Å². The highest BCUT2D eigenvalue weighted by molar-refractivity contribution is 5.92. The van der Waals surface area contributed by atoms with E-state index in [1.807, 2.05) is 6.07 Å². The van der Waals surface area contributed by atoms with Crippen molar-refractivity contribution in [2.75, 3.05) is 6.54 Å². The molecule has 0 atom stereocenters. The largest absolute Gasteiger partial charge is 0.366 e. The standard InChI is InChI=1S/C12H17N3O2/c13-6-2-5-11(16)15-8-9-3-1-4-10(7-9)12(14)17/h1,3-4,7H,2,5-6,8,13H2,(H2,14,17)(H,15,16). The van der Waals surface area contributed by atoms with Gasteiger partial charge in [-0.05, 0) is 30.7 Å². The lowest BCUT2D eigenvalue weighted by atomic mass is 10.1. The molecule has 1 rings (SSSR count). The van der Waals surface area contributed by atoms with Crippen molar-refractivity contribution in [1.82, 2.24) is 5.32 Å². The number of carbonyl (C=O) groups excluding carboxylic acids is 2. The van der Waals surface area contributed by atoms with Crippen molar-refractivity contribution < 1.29 is 9.59 Å². The second-order valence-electron chi connectivity index (χ2n) is 3.73. The van der Waals surface area contributed by atoms with Crippen molar-refractivity contribution in [3.05, 3.63) is 35.4 Å². The summed E-state index contributed by atoms with van der Waals surface area (Å²) in [5.41, 5.74) is 11.8. The van der Waals surface area contributed by atoms with E-state index in [-0.39, 0.29) is 5.91 Å². The molecule has 0 unspecified atom stereocenters. The highest BCUT2D eigenvalue weighted by atomic mass is 16.1. The van der Waals surface area contributed by atoms with Gasteiger partial charge in [0.15, 0.2) is 0 Å². The van der Waals surface area contributed by atoms with Crippen molar-refractivity contribution in [2.24, 2.45) is 11.5 Å². The first-order valence-electron chi connectivity index (χ1n) is 5.49. The first-order valence-corrected chi connectivity index (χ1v) is 5.49. The molecule has 0 aliphatic rings. The minimum absolute atomic E-state index is 0.0417. The molecule has 0 heterocycles. The summed E-state index contributed by atoms with van der Waals surface area (Å²) in [5.74, 6) is -0.513. The number of nitrogens with one attached hydrogen (secondary N) is 1. The Balaban J connectivity index is 2.49. The molecule has 0 aliphatic carbocycles. The second kappa shape index (κ2) is 6.65. The van der Waals surface area contributed by atoms with Gasteiger partial charge in [-0.25, -0.2) is 0 Å². The van der Waals surface area contributed by atoms with Gasteiger partial charge in [0.2, 0.25) is 11.8 Å². The van der Waals surface area contributed by atoms with Gasteiger partial charge in [0.25, 0.3) is 0 Å². The molecule has 5 N–H and O–H groups in total. The summed E-state index contributed by atoms with van der Waals surface area (Å²) in [6.07, 6.45) is 1.10. The summed E-state index contributed by atoms with van der Waals surface area (Å²) in [5, 5.41) is 2.75. The van der Waals surface area contributed by atoms with Gasteiger partial charge >= 0.3 is 0 Å². The molecule has 1 aromatic carbocycles. The van der Waals surface area contributed by atoms with E-state index < -0.39 is 5.91 Å². The monoisotopic (exact) mass is 235 g/mol. The summed E-state index contributed by atoms with van der Waals surface area (Å²) in [4.78, 5) is 22.3. The predicted octanol–water partition coefficient (Wildman–Crippen LogP) is 0.141. The number of primary amides is 1. The Hall–Kier alpha value is -1.88. The summed E-state index contributed by atoms with van der Waals surface area (Å²) < 4.78 is 0. The van der Waals surface area contributed by atoms with E-state index in [0.29, 0.717) is 31.5 Å². The molecule has 5 heteroatoms. The summed E-state index contributed by atoms with van der Waals surface area (Å²) in [6.45, 7) is 0.898. The molecule has 1 aromatic rings. The molecule has 2 amide bonds. The maximum Gasteiger partial charge on any atom is 0.248 e. The highest BCUT2D eigenvalue weighted by Gasteiger charge is 2.03. The van der Waals surface area contributed by atoms with Crippen LogP contribution in [0, 0.1) is 0 Å². The van der Waals surface area contributed by atoms with Gasteiger partial charge in [-0.15, -0.1) is 0 Å². The number of carbonyl (C=O) groups is 2. The fraction of sp³-hybridized carbons (Fsp3) is 0.333. The summed E-state index contributed by atoms with van der Waals surface area (Å²) in [6, 6.07) is 6.88. The third-order valence-electron chi connectivity index (χ3n) is 2.31. The molecule has 0 aliphatic heterocycles. The van der Waals surface area contributed by atoms with Crippen LogP contribution in [0.15, 0.2) is 24.3 Å². The molecule has 0 saturated heterocycles. The van der Waals surface area contributed by atoms with Crippen molar-refractivity contribution in [1.29, 1.82) is 0 Å². The average molecular weight is 235 g/mol. The highest BCUT2D eigenvalue weighted by Crippen LogP contribution is 2.04. The molecule has 92 valence electrons. The molecule has 0 bridgehead atoms. The van der Waals surface area contributed by atoms with Gasteiger partial charge in [-0.1, -0.05) is 12.1 Å². The Morgan fingerprint density at radius 2 is 2.06 bits per heavy atom. The molecule has 0 fully saturated rings. The first-order chi connectivity index (χ1) is 8.13. The fourth-order valence-corrected chi connectivity index (χ4v) is 1.39. The van der Waals surface area contributed by atoms with Crippen LogP contribution in [-0.2, 0) is 11.3 Å². The number of hydrogen-bond acceptors (Lipinski definition) is 3. The van der Waals surface area contributed by atoms with Crippen LogP contribution < -0.4 is 16.8 Å². The topological polar surface area (TPSA) is 98.2 Å². The van der Waals surface area contributed by atoms with Crippen molar-refractivity contribution in [3.8, 4) is 0 Å². The average Bonchev–Trinajstić information content (AvgIpc) is 2.34. The van der Waals surface area contributed by atoms with Gasteiger partial charge in [0, 0.05) is 18.5 Å². The van der Waals surface area contributed by atoms with Crippen LogP contribution in [0.3, 0.4) is 0 Å². The SMILES string of the molecule is NCCCC(=O)NCc1cccc(C(N)=O)c1. The predicted molar refractivity (Wildman–Crippen MR) is 65.1 cm³/mol. The molecule has 5 nitrogen and oxygen atoms in total. The number of nitrogens with two attached hydrogens (primary N) is 2. The Bertz CT molecular complexity index is 404. The van der Waals surface area contributed by atoms with E-state index >= 15 is 0 Å². The fourth-order valence-electron chi connectivity index (χ4n) is 1.39. The smallest absolute Gasteiger partial charge is 0.248 e. The van der Waals surface area contributed by atoms with E-state index in [4.69, 9.17) is 11.5 Å². The Kier molecular flexibility index (Phi) is 5.16. The van der Waals surface area contributed by atoms with Gasteiger partial charge in [-0.2, -0.15) is 0 Å². The van der Waals surface area contributed by atoms with Gasteiger partial charge < -0.3 is 16.8 Å². The zero-order valence-electron chi connectivity index (χ0n) is 9.61. The maximum atomic E-state index is 11.3.